The smallest absolute Gasteiger partial charge is 0.320 e. The number of likely N-dealkylation sites (tertiary alicyclic amines) is 1. The van der Waals surface area contributed by atoms with Crippen LogP contribution in [-0.2, 0) is 11.3 Å². The van der Waals surface area contributed by atoms with E-state index < -0.39 is 5.97 Å². The monoisotopic (exact) mass is 356 g/mol. The molecule has 1 saturated heterocycles. The fraction of sp³-hybridized carbons (Fsp3) is 0.500. The standard InChI is InChI=1S/C20H24N2O2S/c1-13-6-8-14(9-7-13)19-21-16(12-25-19)11-22-17-5-3-2-4-15(17)10-18(22)20(23)24/h6-9,12,15,17-18H,2-5,10-11H2,1H3,(H,23,24). The number of aliphatic carboxylic acids is 1. The van der Waals surface area contributed by atoms with Crippen LogP contribution in [0.3, 0.4) is 0 Å². The number of thiazole rings is 1. The molecule has 3 atom stereocenters. The zero-order valence-corrected chi connectivity index (χ0v) is 15.3. The molecule has 1 aliphatic carbocycles. The number of carboxylic acid groups (broad SMARTS) is 1. The minimum Gasteiger partial charge on any atom is -0.480 e. The first-order chi connectivity index (χ1) is 12.1. The fourth-order valence-corrected chi connectivity index (χ4v) is 5.24. The van der Waals surface area contributed by atoms with Crippen LogP contribution in [0.4, 0.5) is 0 Å². The van der Waals surface area contributed by atoms with E-state index in [1.165, 1.54) is 24.8 Å². The average molecular weight is 356 g/mol. The second-order valence-electron chi connectivity index (χ2n) is 7.38. The predicted octanol–water partition coefficient (Wildman–Crippen LogP) is 4.34. The van der Waals surface area contributed by atoms with Crippen molar-refractivity contribution in [2.24, 2.45) is 5.92 Å². The maximum Gasteiger partial charge on any atom is 0.320 e. The van der Waals surface area contributed by atoms with Crippen molar-refractivity contribution < 1.29 is 9.90 Å². The third-order valence-electron chi connectivity index (χ3n) is 5.70. The van der Waals surface area contributed by atoms with E-state index >= 15 is 0 Å². The summed E-state index contributed by atoms with van der Waals surface area (Å²) in [5, 5.41) is 12.8. The summed E-state index contributed by atoms with van der Waals surface area (Å²) >= 11 is 1.65. The van der Waals surface area contributed by atoms with Gasteiger partial charge < -0.3 is 5.11 Å². The van der Waals surface area contributed by atoms with Gasteiger partial charge in [0.25, 0.3) is 0 Å². The normalized spacial score (nSPS) is 26.5. The van der Waals surface area contributed by atoms with Crippen LogP contribution >= 0.6 is 11.3 Å². The van der Waals surface area contributed by atoms with Crippen LogP contribution < -0.4 is 0 Å². The van der Waals surface area contributed by atoms with Gasteiger partial charge in [-0.25, -0.2) is 4.98 Å². The van der Waals surface area contributed by atoms with Crippen molar-refractivity contribution in [2.45, 2.75) is 57.7 Å². The highest BCUT2D eigenvalue weighted by Gasteiger charge is 2.45. The Morgan fingerprint density at radius 1 is 1.28 bits per heavy atom. The van der Waals surface area contributed by atoms with E-state index in [1.54, 1.807) is 11.3 Å². The van der Waals surface area contributed by atoms with Crippen LogP contribution in [0.15, 0.2) is 29.6 Å². The molecule has 2 aromatic rings. The molecular weight excluding hydrogens is 332 g/mol. The topological polar surface area (TPSA) is 53.4 Å². The third kappa shape index (κ3) is 3.35. The van der Waals surface area contributed by atoms with Crippen LogP contribution in [-0.4, -0.2) is 33.0 Å². The van der Waals surface area contributed by atoms with Crippen molar-refractivity contribution in [1.82, 2.24) is 9.88 Å². The van der Waals surface area contributed by atoms with Gasteiger partial charge in [-0.2, -0.15) is 0 Å². The van der Waals surface area contributed by atoms with Crippen molar-refractivity contribution in [3.63, 3.8) is 0 Å². The molecule has 2 heterocycles. The van der Waals surface area contributed by atoms with Gasteiger partial charge in [0.15, 0.2) is 0 Å². The Hall–Kier alpha value is -1.72. The Bertz CT molecular complexity index is 755. The van der Waals surface area contributed by atoms with Gasteiger partial charge in [0.2, 0.25) is 0 Å². The third-order valence-corrected chi connectivity index (χ3v) is 6.64. The molecule has 0 bridgehead atoms. The van der Waals surface area contributed by atoms with Crippen LogP contribution in [0.2, 0.25) is 0 Å². The zero-order chi connectivity index (χ0) is 17.4. The quantitative estimate of drug-likeness (QED) is 0.885. The molecule has 0 amide bonds. The summed E-state index contributed by atoms with van der Waals surface area (Å²) in [4.78, 5) is 18.7. The summed E-state index contributed by atoms with van der Waals surface area (Å²) in [7, 11) is 0. The van der Waals surface area contributed by atoms with E-state index in [9.17, 15) is 9.90 Å². The number of aromatic nitrogens is 1. The summed E-state index contributed by atoms with van der Waals surface area (Å²) < 4.78 is 0. The summed E-state index contributed by atoms with van der Waals surface area (Å²) in [6.45, 7) is 2.73. The largest absolute Gasteiger partial charge is 0.480 e. The fourth-order valence-electron chi connectivity index (χ4n) is 4.42. The number of benzene rings is 1. The van der Waals surface area contributed by atoms with Gasteiger partial charge in [-0.1, -0.05) is 42.7 Å². The number of carbonyl (C=O) groups is 1. The Morgan fingerprint density at radius 3 is 2.80 bits per heavy atom. The second kappa shape index (κ2) is 6.89. The first kappa shape index (κ1) is 16.7. The Labute approximate surface area is 152 Å². The van der Waals surface area contributed by atoms with Crippen LogP contribution in [0.1, 0.15) is 43.4 Å². The first-order valence-corrected chi connectivity index (χ1v) is 10.00. The van der Waals surface area contributed by atoms with Gasteiger partial charge >= 0.3 is 5.97 Å². The zero-order valence-electron chi connectivity index (χ0n) is 14.5. The van der Waals surface area contributed by atoms with Crippen molar-refractivity contribution >= 4 is 17.3 Å². The summed E-state index contributed by atoms with van der Waals surface area (Å²) in [6.07, 6.45) is 5.57. The number of hydrogen-bond donors (Lipinski definition) is 1. The van der Waals surface area contributed by atoms with E-state index in [1.807, 2.05) is 0 Å². The molecule has 5 heteroatoms. The highest BCUT2D eigenvalue weighted by atomic mass is 32.1. The van der Waals surface area contributed by atoms with Crippen molar-refractivity contribution in [3.8, 4) is 10.6 Å². The van der Waals surface area contributed by atoms with Gasteiger partial charge in [-0.15, -0.1) is 11.3 Å². The average Bonchev–Trinajstić information content (AvgIpc) is 3.21. The maximum atomic E-state index is 11.7. The summed E-state index contributed by atoms with van der Waals surface area (Å²) in [5.41, 5.74) is 3.37. The van der Waals surface area contributed by atoms with Crippen molar-refractivity contribution in [1.29, 1.82) is 0 Å². The lowest BCUT2D eigenvalue weighted by Gasteiger charge is -2.32. The number of nitrogens with zero attached hydrogens (tertiary/aromatic N) is 2. The molecule has 3 unspecified atom stereocenters. The lowest BCUT2D eigenvalue weighted by molar-refractivity contribution is -0.142. The molecule has 4 nitrogen and oxygen atoms in total. The van der Waals surface area contributed by atoms with E-state index in [2.05, 4.69) is 41.5 Å². The highest BCUT2D eigenvalue weighted by Crippen LogP contribution is 2.40. The first-order valence-electron chi connectivity index (χ1n) is 9.12. The minimum absolute atomic E-state index is 0.349. The van der Waals surface area contributed by atoms with E-state index in [0.717, 1.165) is 29.1 Å². The van der Waals surface area contributed by atoms with Crippen molar-refractivity contribution in [3.05, 3.63) is 40.9 Å². The summed E-state index contributed by atoms with van der Waals surface area (Å²) in [5.74, 6) is -0.131. The van der Waals surface area contributed by atoms with E-state index in [-0.39, 0.29) is 6.04 Å². The van der Waals surface area contributed by atoms with Crippen LogP contribution in [0.5, 0.6) is 0 Å². The number of carboxylic acids is 1. The molecule has 0 radical (unpaired) electrons. The molecule has 1 aliphatic heterocycles. The molecule has 1 N–H and O–H groups in total. The van der Waals surface area contributed by atoms with Gasteiger partial charge in [-0.05, 0) is 32.1 Å². The van der Waals surface area contributed by atoms with Gasteiger partial charge in [0.05, 0.1) is 5.69 Å². The highest BCUT2D eigenvalue weighted by molar-refractivity contribution is 7.13. The number of hydrogen-bond acceptors (Lipinski definition) is 4. The number of rotatable bonds is 4. The lowest BCUT2D eigenvalue weighted by Crippen LogP contribution is -2.41. The Balaban J connectivity index is 1.54. The molecule has 2 fully saturated rings. The van der Waals surface area contributed by atoms with Crippen LogP contribution in [0.25, 0.3) is 10.6 Å². The molecule has 1 aromatic heterocycles. The molecule has 25 heavy (non-hydrogen) atoms. The Kier molecular flexibility index (Phi) is 4.61. The van der Waals surface area contributed by atoms with Gasteiger partial charge in [-0.3, -0.25) is 9.69 Å². The molecule has 1 saturated carbocycles. The summed E-state index contributed by atoms with van der Waals surface area (Å²) in [6, 6.07) is 8.47. The van der Waals surface area contributed by atoms with E-state index in [0.29, 0.717) is 18.5 Å². The van der Waals surface area contributed by atoms with Crippen molar-refractivity contribution in [2.75, 3.05) is 0 Å². The molecule has 132 valence electrons. The van der Waals surface area contributed by atoms with E-state index in [4.69, 9.17) is 4.98 Å². The SMILES string of the molecule is Cc1ccc(-c2nc(CN3C(C(=O)O)CC4CCCCC43)cs2)cc1. The Morgan fingerprint density at radius 2 is 2.04 bits per heavy atom. The maximum absolute atomic E-state index is 11.7. The predicted molar refractivity (Wildman–Crippen MR) is 99.6 cm³/mol. The van der Waals surface area contributed by atoms with Crippen LogP contribution in [0, 0.1) is 12.8 Å². The van der Waals surface area contributed by atoms with Gasteiger partial charge in [0, 0.05) is 23.5 Å². The molecule has 4 rings (SSSR count). The number of aryl methyl sites for hydroxylation is 1. The molecule has 2 aliphatic rings. The lowest BCUT2D eigenvalue weighted by atomic mass is 9.85. The molecular formula is C20H24N2O2S. The minimum atomic E-state index is -0.677. The van der Waals surface area contributed by atoms with Gasteiger partial charge in [0.1, 0.15) is 11.0 Å². The number of fused-ring (bicyclic) bond motifs is 1. The molecule has 0 spiro atoms. The second-order valence-corrected chi connectivity index (χ2v) is 8.24. The molecule has 1 aromatic carbocycles.